The van der Waals surface area contributed by atoms with Crippen LogP contribution in [0.5, 0.6) is 0 Å². The number of benzene rings is 1. The van der Waals surface area contributed by atoms with Crippen molar-refractivity contribution >= 4 is 11.7 Å². The number of nitrogens with one attached hydrogen (secondary N) is 2. The third-order valence-electron chi connectivity index (χ3n) is 6.12. The summed E-state index contributed by atoms with van der Waals surface area (Å²) in [5, 5.41) is 16.0. The maximum Gasteiger partial charge on any atom is 0.416 e. The fourth-order valence-electron chi connectivity index (χ4n) is 4.57. The van der Waals surface area contributed by atoms with Crippen LogP contribution in [0, 0.1) is 11.3 Å². The first-order valence-electron chi connectivity index (χ1n) is 10.7. The summed E-state index contributed by atoms with van der Waals surface area (Å²) in [7, 11) is 0. The molecular weight excluding hydrogens is 407 g/mol. The van der Waals surface area contributed by atoms with Crippen LogP contribution < -0.4 is 15.5 Å². The zero-order chi connectivity index (χ0) is 21.8. The number of alkyl halides is 3. The van der Waals surface area contributed by atoms with Crippen molar-refractivity contribution in [1.29, 1.82) is 5.26 Å². The van der Waals surface area contributed by atoms with Crippen LogP contribution in [-0.2, 0) is 6.18 Å². The molecule has 1 aromatic carbocycles. The molecule has 1 aromatic heterocycles. The summed E-state index contributed by atoms with van der Waals surface area (Å²) in [5.41, 5.74) is 0.201. The van der Waals surface area contributed by atoms with Crippen molar-refractivity contribution in [2.24, 2.45) is 0 Å². The summed E-state index contributed by atoms with van der Waals surface area (Å²) in [6.07, 6.45) is 3.37. The lowest BCUT2D eigenvalue weighted by molar-refractivity contribution is -0.137. The molecule has 0 bridgehead atoms. The van der Waals surface area contributed by atoms with Gasteiger partial charge in [0.05, 0.1) is 11.8 Å². The highest BCUT2D eigenvalue weighted by Gasteiger charge is 2.32. The Labute approximate surface area is 179 Å². The highest BCUT2D eigenvalue weighted by Crippen LogP contribution is 2.31. The van der Waals surface area contributed by atoms with Crippen LogP contribution in [-0.4, -0.2) is 36.2 Å². The Balaban J connectivity index is 1.37. The molecule has 31 heavy (non-hydrogen) atoms. The molecule has 2 N–H and O–H groups in total. The van der Waals surface area contributed by atoms with E-state index in [1.54, 1.807) is 12.1 Å². The Morgan fingerprint density at radius 1 is 1.06 bits per heavy atom. The van der Waals surface area contributed by atoms with Crippen LogP contribution in [0.1, 0.15) is 49.8 Å². The normalized spacial score (nSPS) is 24.6. The Morgan fingerprint density at radius 3 is 2.48 bits per heavy atom. The van der Waals surface area contributed by atoms with E-state index in [1.165, 1.54) is 6.20 Å². The van der Waals surface area contributed by atoms with Gasteiger partial charge in [-0.15, -0.1) is 0 Å². The number of nitrogens with zero attached hydrogens (tertiary/aromatic N) is 3. The summed E-state index contributed by atoms with van der Waals surface area (Å²) in [4.78, 5) is 6.27. The summed E-state index contributed by atoms with van der Waals surface area (Å²) >= 11 is 0. The van der Waals surface area contributed by atoms with E-state index in [0.29, 0.717) is 6.01 Å². The number of anilines is 2. The van der Waals surface area contributed by atoms with Gasteiger partial charge in [0, 0.05) is 36.9 Å². The molecule has 6 nitrogen and oxygen atoms in total. The number of aromatic nitrogens is 1. The van der Waals surface area contributed by atoms with E-state index in [2.05, 4.69) is 20.5 Å². The maximum atomic E-state index is 12.8. The van der Waals surface area contributed by atoms with Crippen molar-refractivity contribution < 1.29 is 17.6 Å². The lowest BCUT2D eigenvalue weighted by Gasteiger charge is -2.40. The predicted octanol–water partition coefficient (Wildman–Crippen LogP) is 4.55. The van der Waals surface area contributed by atoms with Gasteiger partial charge in [-0.2, -0.15) is 18.4 Å². The third-order valence-corrected chi connectivity index (χ3v) is 6.12. The third kappa shape index (κ3) is 5.31. The second-order valence-corrected chi connectivity index (χ2v) is 8.28. The topological polar surface area (TPSA) is 77.1 Å². The zero-order valence-corrected chi connectivity index (χ0v) is 17.2. The molecule has 2 aliphatic rings. The summed E-state index contributed by atoms with van der Waals surface area (Å²) in [6, 6.07) is 8.38. The minimum atomic E-state index is -4.32. The number of rotatable bonds is 5. The monoisotopic (exact) mass is 433 g/mol. The molecule has 2 heterocycles. The van der Waals surface area contributed by atoms with Crippen molar-refractivity contribution in [1.82, 2.24) is 10.3 Å². The lowest BCUT2D eigenvalue weighted by Crippen LogP contribution is -2.54. The van der Waals surface area contributed by atoms with E-state index >= 15 is 0 Å². The first-order chi connectivity index (χ1) is 14.9. The molecule has 0 amide bonds. The van der Waals surface area contributed by atoms with Gasteiger partial charge in [-0.25, -0.2) is 4.98 Å². The second kappa shape index (κ2) is 9.18. The molecule has 9 heteroatoms. The summed E-state index contributed by atoms with van der Waals surface area (Å²) in [5.74, 6) is 0.183. The molecule has 3 atom stereocenters. The first-order valence-corrected chi connectivity index (χ1v) is 10.7. The Kier molecular flexibility index (Phi) is 6.37. The Hall–Kier alpha value is -2.73. The molecule has 0 spiro atoms. The van der Waals surface area contributed by atoms with Crippen LogP contribution in [0.2, 0.25) is 0 Å². The molecule has 1 aliphatic heterocycles. The van der Waals surface area contributed by atoms with Crippen LogP contribution in [0.4, 0.5) is 24.9 Å². The highest BCUT2D eigenvalue weighted by molar-refractivity contribution is 5.48. The fourth-order valence-corrected chi connectivity index (χ4v) is 4.57. The quantitative estimate of drug-likeness (QED) is 0.721. The number of hydrogen-bond acceptors (Lipinski definition) is 6. The maximum absolute atomic E-state index is 12.8. The molecule has 0 unspecified atom stereocenters. The standard InChI is InChI=1S/C22H26F3N5O/c23-22(24,25)15-7-9-17(10-8-15)30-11-3-4-16(14-30)28-19-5-1-2-6-20(19)29-21-27-13-18(12-26)31-21/h7-10,13,16,19-20,28H,1-6,11,14H2,(H,27,29)/t16-,19+,20+/m0/s1. The summed E-state index contributed by atoms with van der Waals surface area (Å²) < 4.78 is 43.9. The van der Waals surface area contributed by atoms with E-state index in [4.69, 9.17) is 9.68 Å². The largest absolute Gasteiger partial charge is 0.416 e. The number of hydrogen-bond donors (Lipinski definition) is 2. The number of piperidine rings is 1. The highest BCUT2D eigenvalue weighted by atomic mass is 19.4. The smallest absolute Gasteiger partial charge is 0.413 e. The number of halogens is 3. The summed E-state index contributed by atoms with van der Waals surface area (Å²) in [6.45, 7) is 1.59. The van der Waals surface area contributed by atoms with Crippen molar-refractivity contribution in [2.45, 2.75) is 62.8 Å². The van der Waals surface area contributed by atoms with E-state index in [-0.39, 0.29) is 23.9 Å². The zero-order valence-electron chi connectivity index (χ0n) is 17.2. The fraction of sp³-hybridized carbons (Fsp3) is 0.545. The molecule has 0 radical (unpaired) electrons. The van der Waals surface area contributed by atoms with Crippen molar-refractivity contribution in [3.05, 3.63) is 41.8 Å². The van der Waals surface area contributed by atoms with Crippen LogP contribution >= 0.6 is 0 Å². The molecule has 2 aromatic rings. The first kappa shape index (κ1) is 21.5. The van der Waals surface area contributed by atoms with Gasteiger partial charge in [-0.05, 0) is 49.9 Å². The van der Waals surface area contributed by atoms with Crippen molar-refractivity contribution in [3.8, 4) is 6.07 Å². The number of nitriles is 1. The van der Waals surface area contributed by atoms with Gasteiger partial charge in [0.25, 0.3) is 6.01 Å². The Morgan fingerprint density at radius 2 is 1.81 bits per heavy atom. The minimum Gasteiger partial charge on any atom is -0.413 e. The average molecular weight is 433 g/mol. The van der Waals surface area contributed by atoms with Gasteiger partial charge >= 0.3 is 6.18 Å². The minimum absolute atomic E-state index is 0.153. The van der Waals surface area contributed by atoms with E-state index in [0.717, 1.165) is 69.4 Å². The number of oxazole rings is 1. The second-order valence-electron chi connectivity index (χ2n) is 8.28. The van der Waals surface area contributed by atoms with E-state index < -0.39 is 11.7 Å². The SMILES string of the molecule is N#Cc1cnc(N[C@@H]2CCCC[C@H]2N[C@H]2CCCN(c3ccc(C(F)(F)F)cc3)C2)o1. The Bertz CT molecular complexity index is 905. The van der Waals surface area contributed by atoms with E-state index in [9.17, 15) is 13.2 Å². The van der Waals surface area contributed by atoms with Crippen LogP contribution in [0.3, 0.4) is 0 Å². The molecular formula is C22H26F3N5O. The van der Waals surface area contributed by atoms with Crippen LogP contribution in [0.25, 0.3) is 0 Å². The van der Waals surface area contributed by atoms with Gasteiger partial charge in [-0.3, -0.25) is 0 Å². The lowest BCUT2D eigenvalue weighted by atomic mass is 9.89. The predicted molar refractivity (Wildman–Crippen MR) is 111 cm³/mol. The molecule has 2 fully saturated rings. The van der Waals surface area contributed by atoms with Gasteiger partial charge in [0.15, 0.2) is 0 Å². The van der Waals surface area contributed by atoms with Crippen LogP contribution in [0.15, 0.2) is 34.9 Å². The average Bonchev–Trinajstić information content (AvgIpc) is 3.22. The molecule has 1 saturated heterocycles. The van der Waals surface area contributed by atoms with Gasteiger partial charge in [0.2, 0.25) is 5.76 Å². The molecule has 1 aliphatic carbocycles. The van der Waals surface area contributed by atoms with Gasteiger partial charge in [-0.1, -0.05) is 12.8 Å². The van der Waals surface area contributed by atoms with E-state index in [1.807, 2.05) is 6.07 Å². The van der Waals surface area contributed by atoms with Gasteiger partial charge < -0.3 is 20.0 Å². The molecule has 1 saturated carbocycles. The van der Waals surface area contributed by atoms with Gasteiger partial charge in [0.1, 0.15) is 6.07 Å². The molecule has 166 valence electrons. The van der Waals surface area contributed by atoms with Crippen molar-refractivity contribution in [3.63, 3.8) is 0 Å². The van der Waals surface area contributed by atoms with Crippen molar-refractivity contribution in [2.75, 3.05) is 23.3 Å². The molecule has 4 rings (SSSR count).